The molecule has 38 heavy (non-hydrogen) atoms. The van der Waals surface area contributed by atoms with Gasteiger partial charge in [-0.2, -0.15) is 4.72 Å². The Kier molecular flexibility index (Phi) is 10.1. The molecule has 0 bridgehead atoms. The van der Waals surface area contributed by atoms with Gasteiger partial charge in [0, 0.05) is 24.6 Å². The van der Waals surface area contributed by atoms with Gasteiger partial charge in [0.2, 0.25) is 10.0 Å². The molecule has 2 aromatic carbocycles. The Labute approximate surface area is 225 Å². The van der Waals surface area contributed by atoms with Gasteiger partial charge < -0.3 is 20.1 Å². The van der Waals surface area contributed by atoms with E-state index in [4.69, 9.17) is 9.47 Å². The highest BCUT2D eigenvalue weighted by Crippen LogP contribution is 2.22. The average Bonchev–Trinajstić information content (AvgIpc) is 3.41. The summed E-state index contributed by atoms with van der Waals surface area (Å²) in [4.78, 5) is 25.6. The molecule has 3 N–H and O–H groups in total. The number of nitrogens with one attached hydrogen (secondary N) is 3. The van der Waals surface area contributed by atoms with Crippen LogP contribution in [0.1, 0.15) is 44.5 Å². The average molecular weight is 544 g/mol. The number of rotatable bonds is 11. The lowest BCUT2D eigenvalue weighted by molar-refractivity contribution is -0.156. The maximum atomic E-state index is 12.8. The molecule has 0 aromatic heterocycles. The third-order valence-corrected chi connectivity index (χ3v) is 7.33. The minimum atomic E-state index is -4.03. The van der Waals surface area contributed by atoms with Crippen molar-refractivity contribution in [3.05, 3.63) is 72.3 Å². The molecule has 206 valence electrons. The van der Waals surface area contributed by atoms with Crippen LogP contribution in [0.15, 0.2) is 71.6 Å². The van der Waals surface area contributed by atoms with E-state index in [0.717, 1.165) is 19.5 Å². The van der Waals surface area contributed by atoms with Crippen LogP contribution in [0.2, 0.25) is 0 Å². The maximum absolute atomic E-state index is 12.8. The zero-order chi connectivity index (χ0) is 27.8. The first kappa shape index (κ1) is 29.3. The number of allylic oxidation sites excluding steroid dienone is 1. The number of esters is 1. The lowest BCUT2D eigenvalue weighted by Crippen LogP contribution is -2.50. The molecule has 1 aliphatic rings. The number of ether oxygens (including phenoxy) is 2. The van der Waals surface area contributed by atoms with Gasteiger partial charge in [0.15, 0.2) is 0 Å². The number of carbonyl (C=O) groups excluding carboxylic acids is 2. The van der Waals surface area contributed by atoms with Gasteiger partial charge in [0.05, 0.1) is 4.90 Å². The van der Waals surface area contributed by atoms with E-state index in [2.05, 4.69) is 15.4 Å². The van der Waals surface area contributed by atoms with E-state index in [1.54, 1.807) is 63.2 Å². The molecular formula is C28H37N3O6S. The van der Waals surface area contributed by atoms with E-state index in [1.807, 2.05) is 19.1 Å². The van der Waals surface area contributed by atoms with Crippen LogP contribution in [-0.4, -0.2) is 57.7 Å². The molecular weight excluding hydrogens is 506 g/mol. The van der Waals surface area contributed by atoms with Gasteiger partial charge in [0.25, 0.3) is 5.91 Å². The monoisotopic (exact) mass is 543 g/mol. The zero-order valence-electron chi connectivity index (χ0n) is 22.3. The maximum Gasteiger partial charge on any atom is 0.326 e. The standard InChI is InChI=1S/C28H37N3O6S/c1-5-9-25(21-16-17-29-18-21)36-22-14-12-20(13-15-22)26(32)30-19-24(27(33)37-28(2,3)4)31-38(34,35)23-10-7-6-8-11-23/h5-15,21,24-25,29,31H,16-19H2,1-4H3,(H,30,32)/b9-5+. The van der Waals surface area contributed by atoms with Crippen LogP contribution in [0.4, 0.5) is 0 Å². The molecule has 0 spiro atoms. The van der Waals surface area contributed by atoms with Crippen molar-refractivity contribution in [1.29, 1.82) is 0 Å². The van der Waals surface area contributed by atoms with Gasteiger partial charge in [0.1, 0.15) is 23.5 Å². The third kappa shape index (κ3) is 8.68. The molecule has 0 aliphatic carbocycles. The van der Waals surface area contributed by atoms with Crippen molar-refractivity contribution in [1.82, 2.24) is 15.4 Å². The van der Waals surface area contributed by atoms with Crippen molar-refractivity contribution >= 4 is 21.9 Å². The predicted molar refractivity (Wildman–Crippen MR) is 145 cm³/mol. The molecule has 0 radical (unpaired) electrons. The molecule has 1 saturated heterocycles. The topological polar surface area (TPSA) is 123 Å². The third-order valence-electron chi connectivity index (χ3n) is 5.84. The number of sulfonamides is 1. The van der Waals surface area contributed by atoms with Crippen LogP contribution >= 0.6 is 0 Å². The summed E-state index contributed by atoms with van der Waals surface area (Å²) in [7, 11) is -4.03. The largest absolute Gasteiger partial charge is 0.486 e. The molecule has 1 fully saturated rings. The highest BCUT2D eigenvalue weighted by molar-refractivity contribution is 7.89. The molecule has 3 rings (SSSR count). The van der Waals surface area contributed by atoms with E-state index in [9.17, 15) is 18.0 Å². The van der Waals surface area contributed by atoms with Gasteiger partial charge in [-0.1, -0.05) is 24.3 Å². The van der Waals surface area contributed by atoms with Crippen molar-refractivity contribution < 1.29 is 27.5 Å². The Bertz CT molecular complexity index is 1200. The molecule has 1 aliphatic heterocycles. The lowest BCUT2D eigenvalue weighted by Gasteiger charge is -2.24. The lowest BCUT2D eigenvalue weighted by atomic mass is 10.0. The van der Waals surface area contributed by atoms with Gasteiger partial charge in [-0.3, -0.25) is 9.59 Å². The van der Waals surface area contributed by atoms with Crippen LogP contribution in [0.25, 0.3) is 0 Å². The van der Waals surface area contributed by atoms with Crippen molar-refractivity contribution in [2.45, 2.75) is 56.8 Å². The normalized spacial score (nSPS) is 17.6. The van der Waals surface area contributed by atoms with E-state index in [-0.39, 0.29) is 17.5 Å². The summed E-state index contributed by atoms with van der Waals surface area (Å²) in [5.41, 5.74) is -0.497. The van der Waals surface area contributed by atoms with Gasteiger partial charge in [-0.15, -0.1) is 0 Å². The fourth-order valence-corrected chi connectivity index (χ4v) is 5.19. The van der Waals surface area contributed by atoms with Crippen molar-refractivity contribution in [3.8, 4) is 5.75 Å². The van der Waals surface area contributed by atoms with Crippen molar-refractivity contribution in [3.63, 3.8) is 0 Å². The molecule has 9 nitrogen and oxygen atoms in total. The Hall–Kier alpha value is -3.21. The Morgan fingerprint density at radius 1 is 1.11 bits per heavy atom. The summed E-state index contributed by atoms with van der Waals surface area (Å²) >= 11 is 0. The molecule has 2 aromatic rings. The molecule has 1 amide bonds. The number of carbonyl (C=O) groups is 2. The highest BCUT2D eigenvalue weighted by Gasteiger charge is 2.30. The van der Waals surface area contributed by atoms with E-state index in [1.165, 1.54) is 12.1 Å². The minimum absolute atomic E-state index is 0.0000752. The van der Waals surface area contributed by atoms with E-state index < -0.39 is 33.5 Å². The Morgan fingerprint density at radius 3 is 2.37 bits per heavy atom. The second kappa shape index (κ2) is 13.0. The summed E-state index contributed by atoms with van der Waals surface area (Å²) in [5, 5.41) is 5.98. The van der Waals surface area contributed by atoms with Gasteiger partial charge in [-0.05, 0) is 83.1 Å². The van der Waals surface area contributed by atoms with Crippen molar-refractivity contribution in [2.75, 3.05) is 19.6 Å². The summed E-state index contributed by atoms with van der Waals surface area (Å²) in [6, 6.07) is 13.0. The zero-order valence-corrected chi connectivity index (χ0v) is 23.1. The SMILES string of the molecule is C/C=C/C(Oc1ccc(C(=O)NCC(NS(=O)(=O)c2ccccc2)C(=O)OC(C)(C)C)cc1)C1CCNC1. The second-order valence-electron chi connectivity index (χ2n) is 10.1. The smallest absolute Gasteiger partial charge is 0.326 e. The predicted octanol–water partition coefficient (Wildman–Crippen LogP) is 3.04. The minimum Gasteiger partial charge on any atom is -0.486 e. The number of benzene rings is 2. The first-order valence-electron chi connectivity index (χ1n) is 12.7. The van der Waals surface area contributed by atoms with Crippen LogP contribution in [0.3, 0.4) is 0 Å². The summed E-state index contributed by atoms with van der Waals surface area (Å²) in [6.45, 7) is 8.56. The summed E-state index contributed by atoms with van der Waals surface area (Å²) in [6.07, 6.45) is 4.97. The first-order chi connectivity index (χ1) is 18.0. The van der Waals surface area contributed by atoms with E-state index >= 15 is 0 Å². The van der Waals surface area contributed by atoms with Crippen LogP contribution in [0, 0.1) is 5.92 Å². The first-order valence-corrected chi connectivity index (χ1v) is 14.2. The molecule has 3 atom stereocenters. The fraction of sp³-hybridized carbons (Fsp3) is 0.429. The molecule has 3 unspecified atom stereocenters. The Morgan fingerprint density at radius 2 is 1.79 bits per heavy atom. The van der Waals surface area contributed by atoms with Crippen LogP contribution in [0.5, 0.6) is 5.75 Å². The Balaban J connectivity index is 1.67. The van der Waals surface area contributed by atoms with Gasteiger partial charge in [-0.25, -0.2) is 8.42 Å². The summed E-state index contributed by atoms with van der Waals surface area (Å²) in [5.74, 6) is -0.246. The van der Waals surface area contributed by atoms with Gasteiger partial charge >= 0.3 is 5.97 Å². The highest BCUT2D eigenvalue weighted by atomic mass is 32.2. The number of amides is 1. The number of hydrogen-bond acceptors (Lipinski definition) is 7. The van der Waals surface area contributed by atoms with Crippen molar-refractivity contribution in [2.24, 2.45) is 5.92 Å². The molecule has 10 heteroatoms. The van der Waals surface area contributed by atoms with Crippen LogP contribution < -0.4 is 20.1 Å². The van der Waals surface area contributed by atoms with E-state index in [0.29, 0.717) is 17.2 Å². The second-order valence-corrected chi connectivity index (χ2v) is 11.8. The molecule has 0 saturated carbocycles. The van der Waals surface area contributed by atoms with Crippen LogP contribution in [-0.2, 0) is 19.6 Å². The molecule has 1 heterocycles. The number of hydrogen-bond donors (Lipinski definition) is 3. The fourth-order valence-electron chi connectivity index (χ4n) is 3.98. The quantitative estimate of drug-likeness (QED) is 0.294. The summed E-state index contributed by atoms with van der Waals surface area (Å²) < 4.78 is 39.6.